The largest absolute Gasteiger partial charge is 0.469 e. The molecule has 8 heteroatoms. The van der Waals surface area contributed by atoms with Crippen molar-refractivity contribution in [3.8, 4) is 0 Å². The van der Waals surface area contributed by atoms with Crippen molar-refractivity contribution in [1.82, 2.24) is 15.2 Å². The lowest BCUT2D eigenvalue weighted by molar-refractivity contribution is -0.145. The van der Waals surface area contributed by atoms with Crippen molar-refractivity contribution in [3.63, 3.8) is 0 Å². The van der Waals surface area contributed by atoms with Crippen molar-refractivity contribution in [2.24, 2.45) is 11.8 Å². The quantitative estimate of drug-likeness (QED) is 0.190. The van der Waals surface area contributed by atoms with E-state index in [1.165, 1.54) is 24.0 Å². The molecule has 1 heterocycles. The van der Waals surface area contributed by atoms with Crippen LogP contribution >= 0.6 is 11.3 Å². The molecule has 40 heavy (non-hydrogen) atoms. The Morgan fingerprint density at radius 2 is 1.80 bits per heavy atom. The van der Waals surface area contributed by atoms with Gasteiger partial charge in [0.25, 0.3) is 0 Å². The van der Waals surface area contributed by atoms with Crippen LogP contribution in [0.5, 0.6) is 0 Å². The molecule has 1 aromatic heterocycles. The Balaban J connectivity index is 0.000000730. The Bertz CT molecular complexity index is 949. The minimum atomic E-state index is -0.140. The van der Waals surface area contributed by atoms with Gasteiger partial charge in [0, 0.05) is 37.4 Å². The van der Waals surface area contributed by atoms with E-state index in [9.17, 15) is 14.4 Å². The Labute approximate surface area is 247 Å². The molecule has 3 unspecified atom stereocenters. The maximum atomic E-state index is 12.2. The molecule has 0 saturated heterocycles. The highest BCUT2D eigenvalue weighted by molar-refractivity contribution is 7.09. The number of aromatic nitrogens is 1. The summed E-state index contributed by atoms with van der Waals surface area (Å²) in [7, 11) is 5.27. The molecule has 1 aromatic carbocycles. The highest BCUT2D eigenvalue weighted by atomic mass is 32.1. The van der Waals surface area contributed by atoms with E-state index in [0.717, 1.165) is 49.8 Å². The van der Waals surface area contributed by atoms with Gasteiger partial charge in [-0.05, 0) is 44.2 Å². The Morgan fingerprint density at radius 3 is 2.30 bits per heavy atom. The van der Waals surface area contributed by atoms with Crippen LogP contribution in [0.15, 0.2) is 35.7 Å². The monoisotopic (exact) mass is 575 g/mol. The van der Waals surface area contributed by atoms with Gasteiger partial charge in [0.05, 0.1) is 18.0 Å². The molecule has 7 nitrogen and oxygen atoms in total. The van der Waals surface area contributed by atoms with E-state index in [1.807, 2.05) is 58.0 Å². The first-order chi connectivity index (χ1) is 19.2. The van der Waals surface area contributed by atoms with Crippen LogP contribution in [0.3, 0.4) is 0 Å². The minimum Gasteiger partial charge on any atom is -0.469 e. The average molecular weight is 576 g/mol. The standard InChI is InChI=1S/C16H26N2O2S.C14H21NO2.C2H6/c1-5-6-7-16(20)18(4)14(12(2)3)8-9-15-17-13(10-19)11-21-15;1-11(14(16)17-3)9-13(15-2)10-12-7-5-4-6-8-12;1-2/h10-12,14H,5-9H2,1-4H3;4-8,11,13,15H,9-10H2,1-3H3;1-2H3. The van der Waals surface area contributed by atoms with E-state index in [-0.39, 0.29) is 23.8 Å². The summed E-state index contributed by atoms with van der Waals surface area (Å²) in [6.45, 7) is 12.3. The van der Waals surface area contributed by atoms with Gasteiger partial charge in [0.2, 0.25) is 5.91 Å². The number of thiazole rings is 1. The summed E-state index contributed by atoms with van der Waals surface area (Å²) in [4.78, 5) is 40.4. The molecule has 2 rings (SSSR count). The van der Waals surface area contributed by atoms with Crippen molar-refractivity contribution in [2.45, 2.75) is 98.6 Å². The fourth-order valence-electron chi connectivity index (χ4n) is 4.35. The number of likely N-dealkylation sites (N-methyl/N-ethyl adjacent to an activating group) is 1. The van der Waals surface area contributed by atoms with E-state index in [4.69, 9.17) is 4.74 Å². The van der Waals surface area contributed by atoms with Gasteiger partial charge in [-0.2, -0.15) is 0 Å². The molecular weight excluding hydrogens is 522 g/mol. The Morgan fingerprint density at radius 1 is 1.15 bits per heavy atom. The molecule has 0 aliphatic carbocycles. The van der Waals surface area contributed by atoms with Gasteiger partial charge in [-0.3, -0.25) is 14.4 Å². The Hall–Kier alpha value is -2.58. The zero-order chi connectivity index (χ0) is 30.5. The van der Waals surface area contributed by atoms with Crippen molar-refractivity contribution >= 4 is 29.5 Å². The van der Waals surface area contributed by atoms with Crippen molar-refractivity contribution < 1.29 is 19.1 Å². The molecule has 226 valence electrons. The number of amides is 1. The normalized spacial score (nSPS) is 12.7. The third-order valence-corrected chi connectivity index (χ3v) is 7.65. The van der Waals surface area contributed by atoms with E-state index in [2.05, 4.69) is 43.2 Å². The van der Waals surface area contributed by atoms with Gasteiger partial charge >= 0.3 is 5.97 Å². The second kappa shape index (κ2) is 22.1. The predicted molar refractivity (Wildman–Crippen MR) is 167 cm³/mol. The number of hydrogen-bond donors (Lipinski definition) is 1. The fraction of sp³-hybridized carbons (Fsp3) is 0.625. The summed E-state index contributed by atoms with van der Waals surface area (Å²) >= 11 is 1.52. The summed E-state index contributed by atoms with van der Waals surface area (Å²) in [5.74, 6) is 0.425. The molecule has 0 aliphatic rings. The lowest BCUT2D eigenvalue weighted by Crippen LogP contribution is -2.40. The number of benzene rings is 1. The molecular formula is C32H53N3O4S. The van der Waals surface area contributed by atoms with Crippen molar-refractivity contribution in [2.75, 3.05) is 21.2 Å². The van der Waals surface area contributed by atoms with Crippen molar-refractivity contribution in [3.05, 3.63) is 52.0 Å². The number of unbranched alkanes of at least 4 members (excludes halogenated alkanes) is 1. The number of hydrogen-bond acceptors (Lipinski definition) is 7. The molecule has 0 bridgehead atoms. The predicted octanol–water partition coefficient (Wildman–Crippen LogP) is 6.60. The lowest BCUT2D eigenvalue weighted by Gasteiger charge is -2.31. The number of carbonyl (C=O) groups is 3. The van der Waals surface area contributed by atoms with Gasteiger partial charge in [-0.1, -0.05) is 78.3 Å². The summed E-state index contributed by atoms with van der Waals surface area (Å²) in [6, 6.07) is 10.8. The van der Waals surface area contributed by atoms with Crippen LogP contribution in [0.2, 0.25) is 0 Å². The number of ether oxygens (including phenoxy) is 1. The summed E-state index contributed by atoms with van der Waals surface area (Å²) in [5.41, 5.74) is 1.78. The van der Waals surface area contributed by atoms with Crippen LogP contribution in [0.25, 0.3) is 0 Å². The number of esters is 1. The second-order valence-electron chi connectivity index (χ2n) is 10.1. The smallest absolute Gasteiger partial charge is 0.308 e. The number of aryl methyl sites for hydroxylation is 1. The topological polar surface area (TPSA) is 88.6 Å². The third kappa shape index (κ3) is 14.7. The fourth-order valence-corrected chi connectivity index (χ4v) is 5.11. The maximum absolute atomic E-state index is 12.2. The first-order valence-corrected chi connectivity index (χ1v) is 15.5. The van der Waals surface area contributed by atoms with E-state index in [0.29, 0.717) is 24.1 Å². The number of carbonyl (C=O) groups excluding carboxylic acids is 3. The number of nitrogens with one attached hydrogen (secondary N) is 1. The lowest BCUT2D eigenvalue weighted by atomic mass is 9.96. The van der Waals surface area contributed by atoms with Crippen molar-refractivity contribution in [1.29, 1.82) is 0 Å². The Kier molecular flexibility index (Phi) is 20.7. The zero-order valence-electron chi connectivity index (χ0n) is 26.2. The highest BCUT2D eigenvalue weighted by Gasteiger charge is 2.23. The van der Waals surface area contributed by atoms with Gasteiger partial charge in [-0.25, -0.2) is 4.98 Å². The second-order valence-corrected chi connectivity index (χ2v) is 11.0. The highest BCUT2D eigenvalue weighted by Crippen LogP contribution is 2.19. The number of rotatable bonds is 15. The van der Waals surface area contributed by atoms with Crippen LogP contribution < -0.4 is 5.32 Å². The van der Waals surface area contributed by atoms with Crippen LogP contribution in [0.1, 0.15) is 94.7 Å². The molecule has 1 amide bonds. The first-order valence-electron chi connectivity index (χ1n) is 14.6. The van der Waals surface area contributed by atoms with Crippen LogP contribution in [0, 0.1) is 11.8 Å². The number of methoxy groups -OCH3 is 1. The first kappa shape index (κ1) is 37.4. The van der Waals surface area contributed by atoms with Crippen LogP contribution in [0.4, 0.5) is 0 Å². The van der Waals surface area contributed by atoms with E-state index < -0.39 is 0 Å². The molecule has 0 spiro atoms. The van der Waals surface area contributed by atoms with Gasteiger partial charge in [0.1, 0.15) is 5.69 Å². The molecule has 2 aromatic rings. The third-order valence-electron chi connectivity index (χ3n) is 6.72. The molecule has 0 radical (unpaired) electrons. The van der Waals surface area contributed by atoms with E-state index in [1.54, 1.807) is 5.38 Å². The minimum absolute atomic E-state index is 0.0684. The zero-order valence-corrected chi connectivity index (χ0v) is 27.1. The average Bonchev–Trinajstić information content (AvgIpc) is 3.44. The number of nitrogens with zero attached hydrogens (tertiary/aromatic N) is 2. The molecule has 0 fully saturated rings. The molecule has 0 saturated carbocycles. The maximum Gasteiger partial charge on any atom is 0.308 e. The summed E-state index contributed by atoms with van der Waals surface area (Å²) < 4.78 is 4.74. The van der Waals surface area contributed by atoms with Crippen LogP contribution in [-0.4, -0.2) is 61.3 Å². The molecule has 0 aliphatic heterocycles. The van der Waals surface area contributed by atoms with Crippen LogP contribution in [-0.2, 0) is 27.2 Å². The molecule has 1 N–H and O–H groups in total. The number of aldehydes is 1. The van der Waals surface area contributed by atoms with Gasteiger partial charge in [0.15, 0.2) is 6.29 Å². The molecule has 3 atom stereocenters. The van der Waals surface area contributed by atoms with Gasteiger partial charge in [-0.15, -0.1) is 11.3 Å². The van der Waals surface area contributed by atoms with E-state index >= 15 is 0 Å². The summed E-state index contributed by atoms with van der Waals surface area (Å²) in [6.07, 6.45) is 6.81. The summed E-state index contributed by atoms with van der Waals surface area (Å²) in [5, 5.41) is 6.00. The van der Waals surface area contributed by atoms with Gasteiger partial charge < -0.3 is 15.0 Å². The SMILES string of the molecule is CC.CCCCC(=O)N(C)C(CCc1nc(C=O)cs1)C(C)C.CNC(Cc1ccccc1)CC(C)C(=O)OC.